The molecule has 60 heavy (non-hydrogen) atoms. The van der Waals surface area contributed by atoms with Gasteiger partial charge in [-0.3, -0.25) is 0 Å². The van der Waals surface area contributed by atoms with E-state index >= 15 is 17.6 Å². The Labute approximate surface area is 329 Å². The molecule has 2 aliphatic heterocycles. The van der Waals surface area contributed by atoms with Gasteiger partial charge >= 0.3 is 0 Å². The monoisotopic (exact) mass is 826 g/mol. The van der Waals surface area contributed by atoms with Crippen LogP contribution in [0, 0.1) is 58.2 Å². The number of nitrogens with one attached hydrogen (secondary N) is 2. The molecule has 0 unspecified atom stereocenters. The van der Waals surface area contributed by atoms with Crippen LogP contribution in [0.15, 0.2) is 72.8 Å². The van der Waals surface area contributed by atoms with Crippen LogP contribution >= 0.6 is 0 Å². The molecule has 7 aromatic rings. The summed E-state index contributed by atoms with van der Waals surface area (Å²) in [6, 6.07) is 16.2. The number of fused-ring (bicyclic) bond motifs is 8. The first-order valence-electron chi connectivity index (χ1n) is 17.5. The molecule has 0 radical (unpaired) electrons. The van der Waals surface area contributed by atoms with Crippen molar-refractivity contribution in [2.45, 2.75) is 0 Å². The normalized spacial score (nSPS) is 12.2. The van der Waals surface area contributed by atoms with E-state index < -0.39 is 80.4 Å². The van der Waals surface area contributed by atoms with E-state index in [1.54, 1.807) is 0 Å². The third kappa shape index (κ3) is 5.89. The van der Waals surface area contributed by atoms with Gasteiger partial charge in [0, 0.05) is 44.3 Å². The second-order valence-corrected chi connectivity index (χ2v) is 13.5. The van der Waals surface area contributed by atoms with Crippen molar-refractivity contribution in [1.29, 1.82) is 0 Å². The predicted octanol–water partition coefficient (Wildman–Crippen LogP) is 12.1. The molecule has 298 valence electrons. The van der Waals surface area contributed by atoms with E-state index in [2.05, 4.69) is 19.9 Å². The minimum absolute atomic E-state index is 0.00724. The van der Waals surface area contributed by atoms with E-state index in [1.165, 1.54) is 97.1 Å². The molecule has 0 fully saturated rings. The Bertz CT molecular complexity index is 2950. The van der Waals surface area contributed by atoms with E-state index in [0.717, 1.165) is 0 Å². The van der Waals surface area contributed by atoms with Gasteiger partial charge in [-0.15, -0.1) is 0 Å². The van der Waals surface area contributed by atoms with Crippen LogP contribution in [0.5, 0.6) is 11.5 Å². The summed E-state index contributed by atoms with van der Waals surface area (Å²) in [7, 11) is 0. The molecular weight excluding hydrogens is 806 g/mol. The number of phenols is 2. The van der Waals surface area contributed by atoms with Gasteiger partial charge in [0.2, 0.25) is 11.6 Å². The van der Waals surface area contributed by atoms with Crippen molar-refractivity contribution in [1.82, 2.24) is 19.9 Å². The van der Waals surface area contributed by atoms with Crippen LogP contribution in [-0.4, -0.2) is 30.1 Å². The van der Waals surface area contributed by atoms with Crippen molar-refractivity contribution in [3.63, 3.8) is 0 Å². The smallest absolute Gasteiger partial charge is 0.200 e. The van der Waals surface area contributed by atoms with Gasteiger partial charge in [-0.05, 0) is 84.0 Å². The predicted molar refractivity (Wildman–Crippen MR) is 204 cm³/mol. The quantitative estimate of drug-likeness (QED) is 0.0807. The number of hydrogen-bond acceptors (Lipinski definition) is 4. The van der Waals surface area contributed by atoms with Gasteiger partial charge in [-0.25, -0.2) is 53.9 Å². The average Bonchev–Trinajstić information content (AvgIpc) is 4.09. The van der Waals surface area contributed by atoms with E-state index in [9.17, 15) is 36.6 Å². The fraction of sp³-hybridized carbons (Fsp3) is 0. The van der Waals surface area contributed by atoms with E-state index in [1.807, 2.05) is 0 Å². The number of aromatic hydroxyl groups is 2. The van der Waals surface area contributed by atoms with Crippen molar-refractivity contribution in [2.75, 3.05) is 0 Å². The standard InChI is InChI=1S/C44H20F10N4O2/c45-35-33(36(46)40(50)43(53)39(35)49)31-25-13-9-21(55-25)29(17-1-5-19(59)6-2-17)22-10-14-26(56-22)32(34-37(47)41(51)44(54)42(52)38(34)48)28-16-12-24(58-28)30(23-11-15-27(31)57-23)18-3-7-20(60)8-4-18/h1-16,55,58-60H. The highest BCUT2D eigenvalue weighted by molar-refractivity contribution is 6.00. The number of aromatic amines is 2. The minimum Gasteiger partial charge on any atom is -0.508 e. The Morgan fingerprint density at radius 1 is 0.300 bits per heavy atom. The molecule has 6 nitrogen and oxygen atoms in total. The first-order valence-corrected chi connectivity index (χ1v) is 17.5. The van der Waals surface area contributed by atoms with Gasteiger partial charge in [0.05, 0.1) is 33.9 Å². The van der Waals surface area contributed by atoms with Crippen LogP contribution in [0.4, 0.5) is 43.9 Å². The number of benzene rings is 4. The summed E-state index contributed by atoms with van der Waals surface area (Å²) in [4.78, 5) is 15.1. The zero-order valence-electron chi connectivity index (χ0n) is 29.8. The Kier molecular flexibility index (Phi) is 8.87. The maximum absolute atomic E-state index is 15.8. The van der Waals surface area contributed by atoms with Crippen molar-refractivity contribution >= 4 is 46.4 Å². The first-order chi connectivity index (χ1) is 28.7. The van der Waals surface area contributed by atoms with Crippen LogP contribution in [0.2, 0.25) is 0 Å². The summed E-state index contributed by atoms with van der Waals surface area (Å²) in [5.74, 6) is -22.6. The Morgan fingerprint density at radius 3 is 0.850 bits per heavy atom. The van der Waals surface area contributed by atoms with Gasteiger partial charge in [0.25, 0.3) is 0 Å². The minimum atomic E-state index is -2.39. The Balaban J connectivity index is 1.53. The fourth-order valence-corrected chi connectivity index (χ4v) is 7.24. The summed E-state index contributed by atoms with van der Waals surface area (Å²) in [5, 5.41) is 20.2. The fourth-order valence-electron chi connectivity index (χ4n) is 7.24. The van der Waals surface area contributed by atoms with Crippen molar-refractivity contribution < 1.29 is 54.1 Å². The average molecular weight is 827 g/mol. The molecule has 0 saturated heterocycles. The lowest BCUT2D eigenvalue weighted by Crippen LogP contribution is -2.05. The highest BCUT2D eigenvalue weighted by atomic mass is 19.2. The number of hydrogen-bond donors (Lipinski definition) is 4. The van der Waals surface area contributed by atoms with E-state index in [4.69, 9.17) is 0 Å². The van der Waals surface area contributed by atoms with Gasteiger partial charge in [-0.2, -0.15) is 0 Å². The zero-order chi connectivity index (χ0) is 42.3. The molecule has 0 saturated carbocycles. The molecular formula is C44H20F10N4O2. The molecule has 4 aromatic carbocycles. The molecule has 5 heterocycles. The van der Waals surface area contributed by atoms with Crippen LogP contribution in [0.25, 0.3) is 90.9 Å². The number of H-pyrrole nitrogens is 2. The molecule has 0 amide bonds. The van der Waals surface area contributed by atoms with Gasteiger partial charge < -0.3 is 20.2 Å². The van der Waals surface area contributed by atoms with Crippen LogP contribution in [0.3, 0.4) is 0 Å². The second kappa shape index (κ2) is 14.0. The molecule has 0 spiro atoms. The molecule has 3 aromatic heterocycles. The maximum Gasteiger partial charge on any atom is 0.200 e. The Hall–Kier alpha value is -7.62. The molecule has 8 bridgehead atoms. The maximum atomic E-state index is 15.8. The van der Waals surface area contributed by atoms with Crippen LogP contribution < -0.4 is 0 Å². The summed E-state index contributed by atoms with van der Waals surface area (Å²) < 4.78 is 151. The SMILES string of the molecule is Oc1ccc(-c2c3nc(c(-c4c(F)c(F)c(F)c(F)c4F)c4ccc([nH]4)c(-c4ccc(O)cc4)c4nc(c(-c5c(F)c(F)c(F)c(F)c5F)c5ccc2[nH]5)C=C4)C=C3)cc1. The zero-order valence-corrected chi connectivity index (χ0v) is 29.8. The van der Waals surface area contributed by atoms with Crippen molar-refractivity contribution in [3.05, 3.63) is 154 Å². The molecule has 16 heteroatoms. The number of phenolic OH excluding ortho intramolecular Hbond substituents is 2. The number of nitrogens with zero attached hydrogens (tertiary/aromatic N) is 2. The van der Waals surface area contributed by atoms with Crippen LogP contribution in [-0.2, 0) is 0 Å². The van der Waals surface area contributed by atoms with Crippen molar-refractivity contribution in [3.8, 4) is 56.0 Å². The lowest BCUT2D eigenvalue weighted by molar-refractivity contribution is 0.381. The topological polar surface area (TPSA) is 97.8 Å². The summed E-state index contributed by atoms with van der Waals surface area (Å²) in [5.41, 5.74) is -3.77. The van der Waals surface area contributed by atoms with Gasteiger partial charge in [-0.1, -0.05) is 24.3 Å². The molecule has 4 N–H and O–H groups in total. The largest absolute Gasteiger partial charge is 0.508 e. The summed E-state index contributed by atoms with van der Waals surface area (Å²) in [6.07, 6.45) is 5.18. The molecule has 2 aliphatic rings. The Morgan fingerprint density at radius 2 is 0.550 bits per heavy atom. The molecule has 0 aliphatic carbocycles. The van der Waals surface area contributed by atoms with Gasteiger partial charge in [0.1, 0.15) is 11.5 Å². The number of halogens is 10. The van der Waals surface area contributed by atoms with Crippen LogP contribution in [0.1, 0.15) is 22.8 Å². The lowest BCUT2D eigenvalue weighted by Gasteiger charge is -2.10. The summed E-state index contributed by atoms with van der Waals surface area (Å²) in [6.45, 7) is 0. The summed E-state index contributed by atoms with van der Waals surface area (Å²) >= 11 is 0. The number of aromatic nitrogens is 4. The van der Waals surface area contributed by atoms with E-state index in [-0.39, 0.29) is 67.5 Å². The lowest BCUT2D eigenvalue weighted by atomic mass is 10.0. The molecule has 0 atom stereocenters. The third-order valence-corrected chi connectivity index (χ3v) is 9.99. The highest BCUT2D eigenvalue weighted by Crippen LogP contribution is 2.42. The number of rotatable bonds is 4. The second-order valence-electron chi connectivity index (χ2n) is 13.5. The molecule has 9 rings (SSSR count). The third-order valence-electron chi connectivity index (χ3n) is 9.99. The van der Waals surface area contributed by atoms with Gasteiger partial charge in [0.15, 0.2) is 46.5 Å². The van der Waals surface area contributed by atoms with E-state index in [0.29, 0.717) is 11.1 Å². The van der Waals surface area contributed by atoms with Crippen molar-refractivity contribution in [2.24, 2.45) is 0 Å². The first kappa shape index (κ1) is 37.9. The highest BCUT2D eigenvalue weighted by Gasteiger charge is 2.31.